The van der Waals surface area contributed by atoms with Crippen LogP contribution in [0.3, 0.4) is 0 Å². The predicted octanol–water partition coefficient (Wildman–Crippen LogP) is 2.05. The zero-order chi connectivity index (χ0) is 10.8. The lowest BCUT2D eigenvalue weighted by Gasteiger charge is -2.14. The average Bonchev–Trinajstić information content (AvgIpc) is 2.70. The highest BCUT2D eigenvalue weighted by molar-refractivity contribution is 5.06. The molecule has 0 aromatic carbocycles. The molecule has 1 N–H and O–H groups in total. The number of hydrogen-bond donors (Lipinski definition) is 1. The summed E-state index contributed by atoms with van der Waals surface area (Å²) in [6.45, 7) is 5.06. The van der Waals surface area contributed by atoms with Crippen LogP contribution in [0, 0.1) is 19.8 Å². The zero-order valence-electron chi connectivity index (χ0n) is 9.61. The van der Waals surface area contributed by atoms with E-state index in [1.807, 2.05) is 6.92 Å². The van der Waals surface area contributed by atoms with E-state index < -0.39 is 0 Å². The number of aryl methyl sites for hydroxylation is 3. The summed E-state index contributed by atoms with van der Waals surface area (Å²) in [7, 11) is 0. The molecule has 0 spiro atoms. The van der Waals surface area contributed by atoms with E-state index in [0.29, 0.717) is 5.92 Å². The van der Waals surface area contributed by atoms with Gasteiger partial charge in [-0.1, -0.05) is 6.42 Å². The van der Waals surface area contributed by atoms with Crippen molar-refractivity contribution in [3.8, 4) is 0 Å². The lowest BCUT2D eigenvalue weighted by molar-refractivity contribution is 0.124. The Kier molecular flexibility index (Phi) is 3.10. The van der Waals surface area contributed by atoms with Crippen LogP contribution in [0.15, 0.2) is 6.07 Å². The lowest BCUT2D eigenvalue weighted by Crippen LogP contribution is -2.16. The quantitative estimate of drug-likeness (QED) is 0.825. The summed E-state index contributed by atoms with van der Waals surface area (Å²) >= 11 is 0. The van der Waals surface area contributed by atoms with Crippen molar-refractivity contribution in [1.29, 1.82) is 0 Å². The zero-order valence-corrected chi connectivity index (χ0v) is 9.61. The van der Waals surface area contributed by atoms with Gasteiger partial charge in [-0.25, -0.2) is 0 Å². The molecule has 0 amide bonds. The van der Waals surface area contributed by atoms with Crippen molar-refractivity contribution in [3.05, 3.63) is 17.5 Å². The summed E-state index contributed by atoms with van der Waals surface area (Å²) in [6, 6.07) is 2.10. The summed E-state index contributed by atoms with van der Waals surface area (Å²) in [5, 5.41) is 14.1. The molecule has 1 aromatic rings. The molecule has 3 heteroatoms. The van der Waals surface area contributed by atoms with Gasteiger partial charge >= 0.3 is 0 Å². The fourth-order valence-electron chi connectivity index (χ4n) is 2.54. The van der Waals surface area contributed by atoms with Gasteiger partial charge in [0.25, 0.3) is 0 Å². The minimum absolute atomic E-state index is 0.0676. The Morgan fingerprint density at radius 2 is 2.27 bits per heavy atom. The van der Waals surface area contributed by atoms with E-state index in [9.17, 15) is 5.11 Å². The van der Waals surface area contributed by atoms with Crippen LogP contribution in [0.25, 0.3) is 0 Å². The first-order chi connectivity index (χ1) is 7.16. The normalized spacial score (nSPS) is 26.1. The summed E-state index contributed by atoms with van der Waals surface area (Å²) < 4.78 is 2.06. The molecule has 84 valence electrons. The highest BCUT2D eigenvalue weighted by Gasteiger charge is 2.24. The minimum atomic E-state index is -0.0676. The average molecular weight is 208 g/mol. The third kappa shape index (κ3) is 2.40. The van der Waals surface area contributed by atoms with Crippen molar-refractivity contribution < 1.29 is 5.11 Å². The van der Waals surface area contributed by atoms with Crippen molar-refractivity contribution >= 4 is 0 Å². The molecule has 0 aliphatic heterocycles. The Balaban J connectivity index is 1.90. The van der Waals surface area contributed by atoms with E-state index in [1.165, 1.54) is 18.5 Å². The van der Waals surface area contributed by atoms with Crippen LogP contribution in [0.5, 0.6) is 0 Å². The van der Waals surface area contributed by atoms with Gasteiger partial charge in [-0.15, -0.1) is 0 Å². The molecule has 1 aliphatic rings. The van der Waals surface area contributed by atoms with Crippen LogP contribution in [-0.4, -0.2) is 21.0 Å². The molecule has 1 aliphatic carbocycles. The van der Waals surface area contributed by atoms with Crippen LogP contribution >= 0.6 is 0 Å². The maximum absolute atomic E-state index is 9.71. The van der Waals surface area contributed by atoms with Crippen LogP contribution < -0.4 is 0 Å². The molecular weight excluding hydrogens is 188 g/mol. The third-order valence-corrected chi connectivity index (χ3v) is 3.43. The Labute approximate surface area is 91.1 Å². The topological polar surface area (TPSA) is 38.0 Å². The molecule has 1 saturated carbocycles. The van der Waals surface area contributed by atoms with Crippen molar-refractivity contribution in [3.63, 3.8) is 0 Å². The molecule has 15 heavy (non-hydrogen) atoms. The highest BCUT2D eigenvalue weighted by atomic mass is 16.3. The van der Waals surface area contributed by atoms with E-state index in [0.717, 1.165) is 25.1 Å². The minimum Gasteiger partial charge on any atom is -0.393 e. The maximum atomic E-state index is 9.71. The number of aromatic nitrogens is 2. The smallest absolute Gasteiger partial charge is 0.0596 e. The summed E-state index contributed by atoms with van der Waals surface area (Å²) in [4.78, 5) is 0. The molecule has 3 nitrogen and oxygen atoms in total. The Morgan fingerprint density at radius 3 is 2.80 bits per heavy atom. The first-order valence-corrected chi connectivity index (χ1v) is 5.86. The van der Waals surface area contributed by atoms with Crippen LogP contribution in [-0.2, 0) is 6.54 Å². The monoisotopic (exact) mass is 208 g/mol. The van der Waals surface area contributed by atoms with Gasteiger partial charge in [-0.3, -0.25) is 4.68 Å². The number of aliphatic hydroxyl groups excluding tert-OH is 1. The Hall–Kier alpha value is -0.830. The molecule has 0 saturated heterocycles. The molecule has 1 fully saturated rings. The van der Waals surface area contributed by atoms with Crippen LogP contribution in [0.1, 0.15) is 37.1 Å². The lowest BCUT2D eigenvalue weighted by atomic mass is 10.0. The second-order valence-corrected chi connectivity index (χ2v) is 4.70. The maximum Gasteiger partial charge on any atom is 0.0596 e. The fraction of sp³-hybridized carbons (Fsp3) is 0.750. The summed E-state index contributed by atoms with van der Waals surface area (Å²) in [5.74, 6) is 0.494. The predicted molar refractivity (Wildman–Crippen MR) is 59.7 cm³/mol. The molecule has 1 heterocycles. The molecule has 2 atom stereocenters. The second-order valence-electron chi connectivity index (χ2n) is 4.70. The first-order valence-electron chi connectivity index (χ1n) is 5.86. The van der Waals surface area contributed by atoms with Gasteiger partial charge in [0.05, 0.1) is 11.8 Å². The van der Waals surface area contributed by atoms with Gasteiger partial charge in [0.15, 0.2) is 0 Å². The largest absolute Gasteiger partial charge is 0.393 e. The van der Waals surface area contributed by atoms with Gasteiger partial charge < -0.3 is 5.11 Å². The third-order valence-electron chi connectivity index (χ3n) is 3.43. The molecule has 2 unspecified atom stereocenters. The van der Waals surface area contributed by atoms with Gasteiger partial charge in [0.1, 0.15) is 0 Å². The molecule has 0 radical (unpaired) electrons. The van der Waals surface area contributed by atoms with Crippen LogP contribution in [0.4, 0.5) is 0 Å². The standard InChI is InChI=1S/C12H20N2O/c1-9-8-10(2)14(13-9)7-6-11-4-3-5-12(11)15/h8,11-12,15H,3-7H2,1-2H3. The summed E-state index contributed by atoms with van der Waals surface area (Å²) in [6.07, 6.45) is 4.34. The molecular formula is C12H20N2O. The number of aliphatic hydroxyl groups is 1. The van der Waals surface area contributed by atoms with Gasteiger partial charge in [-0.2, -0.15) is 5.10 Å². The highest BCUT2D eigenvalue weighted by Crippen LogP contribution is 2.28. The number of rotatable bonds is 3. The van der Waals surface area contributed by atoms with Crippen LogP contribution in [0.2, 0.25) is 0 Å². The molecule has 0 bridgehead atoms. The Bertz CT molecular complexity index is 332. The van der Waals surface area contributed by atoms with Gasteiger partial charge in [0, 0.05) is 12.2 Å². The Morgan fingerprint density at radius 1 is 1.47 bits per heavy atom. The van der Waals surface area contributed by atoms with E-state index in [2.05, 4.69) is 22.8 Å². The molecule has 1 aromatic heterocycles. The van der Waals surface area contributed by atoms with E-state index in [-0.39, 0.29) is 6.10 Å². The first kappa shape index (κ1) is 10.7. The van der Waals surface area contributed by atoms with Crippen molar-refractivity contribution in [2.24, 2.45) is 5.92 Å². The van der Waals surface area contributed by atoms with Crippen molar-refractivity contribution in [2.45, 2.75) is 52.2 Å². The molecule has 2 rings (SSSR count). The van der Waals surface area contributed by atoms with E-state index >= 15 is 0 Å². The van der Waals surface area contributed by atoms with Crippen molar-refractivity contribution in [2.75, 3.05) is 0 Å². The second kappa shape index (κ2) is 4.35. The summed E-state index contributed by atoms with van der Waals surface area (Å²) in [5.41, 5.74) is 2.31. The van der Waals surface area contributed by atoms with Gasteiger partial charge in [-0.05, 0) is 45.1 Å². The SMILES string of the molecule is Cc1cc(C)n(CCC2CCCC2O)n1. The van der Waals surface area contributed by atoms with Gasteiger partial charge in [0.2, 0.25) is 0 Å². The van der Waals surface area contributed by atoms with E-state index in [1.54, 1.807) is 0 Å². The number of hydrogen-bond acceptors (Lipinski definition) is 2. The fourth-order valence-corrected chi connectivity index (χ4v) is 2.54. The number of nitrogens with zero attached hydrogens (tertiary/aromatic N) is 2. The van der Waals surface area contributed by atoms with Crippen molar-refractivity contribution in [1.82, 2.24) is 9.78 Å². The van der Waals surface area contributed by atoms with E-state index in [4.69, 9.17) is 0 Å².